The van der Waals surface area contributed by atoms with E-state index in [0.717, 1.165) is 0 Å². The number of hydrogen-bond acceptors (Lipinski definition) is 5. The Hall–Kier alpha value is -1.44. The van der Waals surface area contributed by atoms with Crippen molar-refractivity contribution in [1.82, 2.24) is 4.98 Å². The summed E-state index contributed by atoms with van der Waals surface area (Å²) in [5, 5.41) is 10.4. The van der Waals surface area contributed by atoms with Gasteiger partial charge in [-0.3, -0.25) is 4.72 Å². The molecule has 0 radical (unpaired) electrons. The maximum atomic E-state index is 11.9. The predicted octanol–water partition coefficient (Wildman–Crippen LogP) is 1.44. The Morgan fingerprint density at radius 2 is 2.24 bits per heavy atom. The molecule has 0 spiro atoms. The van der Waals surface area contributed by atoms with Crippen LogP contribution in [0.25, 0.3) is 0 Å². The second-order valence-corrected chi connectivity index (χ2v) is 5.91. The Kier molecular flexibility index (Phi) is 3.41. The Bertz CT molecular complexity index is 593. The van der Waals surface area contributed by atoms with Gasteiger partial charge in [0, 0.05) is 16.5 Å². The first-order valence-electron chi connectivity index (χ1n) is 4.74. The van der Waals surface area contributed by atoms with Gasteiger partial charge in [-0.1, -0.05) is 6.07 Å². The summed E-state index contributed by atoms with van der Waals surface area (Å²) in [5.74, 6) is 0.268. The van der Waals surface area contributed by atoms with E-state index in [2.05, 4.69) is 9.71 Å². The van der Waals surface area contributed by atoms with Crippen LogP contribution >= 0.6 is 11.3 Å². The van der Waals surface area contributed by atoms with Crippen LogP contribution < -0.4 is 4.72 Å². The topological polar surface area (TPSA) is 79.3 Å². The molecular formula is C10H10N2O3S2. The van der Waals surface area contributed by atoms with Crippen LogP contribution in [0.2, 0.25) is 0 Å². The first-order valence-corrected chi connectivity index (χ1v) is 7.10. The van der Waals surface area contributed by atoms with Gasteiger partial charge in [0.05, 0.1) is 11.5 Å². The highest BCUT2D eigenvalue weighted by molar-refractivity contribution is 7.92. The summed E-state index contributed by atoms with van der Waals surface area (Å²) >= 11 is 1.20. The lowest BCUT2D eigenvalue weighted by Gasteiger charge is -2.04. The number of rotatable bonds is 4. The second-order valence-electron chi connectivity index (χ2n) is 3.23. The number of hydrogen-bond donors (Lipinski definition) is 2. The van der Waals surface area contributed by atoms with Crippen LogP contribution in [0.4, 0.5) is 5.82 Å². The molecule has 0 amide bonds. The predicted molar refractivity (Wildman–Crippen MR) is 65.3 cm³/mol. The summed E-state index contributed by atoms with van der Waals surface area (Å²) in [6, 6.07) is 6.40. The minimum absolute atomic E-state index is 0.136. The summed E-state index contributed by atoms with van der Waals surface area (Å²) in [6.45, 7) is -0.163. The van der Waals surface area contributed by atoms with Crippen molar-refractivity contribution in [2.24, 2.45) is 0 Å². The van der Waals surface area contributed by atoms with E-state index in [4.69, 9.17) is 5.11 Å². The normalized spacial score (nSPS) is 11.4. The Balaban J connectivity index is 2.25. The highest BCUT2D eigenvalue weighted by atomic mass is 32.2. The van der Waals surface area contributed by atoms with Gasteiger partial charge >= 0.3 is 0 Å². The van der Waals surface area contributed by atoms with Gasteiger partial charge in [-0.2, -0.15) is 0 Å². The average molecular weight is 270 g/mol. The largest absolute Gasteiger partial charge is 0.391 e. The zero-order valence-corrected chi connectivity index (χ0v) is 10.3. The fourth-order valence-corrected chi connectivity index (χ4v) is 3.35. The molecule has 2 heterocycles. The molecule has 0 aliphatic rings. The smallest absolute Gasteiger partial charge is 0.263 e. The number of nitrogens with one attached hydrogen (secondary N) is 1. The molecule has 0 aromatic carbocycles. The fraction of sp³-hybridized carbons (Fsp3) is 0.100. The molecule has 0 saturated carbocycles. The zero-order chi connectivity index (χ0) is 12.3. The van der Waals surface area contributed by atoms with Crippen LogP contribution in [0, 0.1) is 0 Å². The van der Waals surface area contributed by atoms with Crippen LogP contribution in [0.15, 0.2) is 40.7 Å². The van der Waals surface area contributed by atoms with E-state index in [0.29, 0.717) is 4.88 Å². The number of pyridine rings is 1. The monoisotopic (exact) mass is 270 g/mol. The van der Waals surface area contributed by atoms with E-state index in [1.54, 1.807) is 18.2 Å². The van der Waals surface area contributed by atoms with Gasteiger partial charge < -0.3 is 5.11 Å². The molecule has 0 aliphatic carbocycles. The maximum Gasteiger partial charge on any atom is 0.263 e. The van der Waals surface area contributed by atoms with Crippen molar-refractivity contribution in [3.8, 4) is 0 Å². The maximum absolute atomic E-state index is 11.9. The van der Waals surface area contributed by atoms with Gasteiger partial charge in [-0.25, -0.2) is 13.4 Å². The lowest BCUT2D eigenvalue weighted by Crippen LogP contribution is -2.12. The minimum atomic E-state index is -3.62. The van der Waals surface area contributed by atoms with E-state index < -0.39 is 10.0 Å². The number of aromatic nitrogens is 1. The standard InChI is InChI=1S/C10H10N2O3S2/c13-6-8-5-9(7-16-8)17(14,15)12-10-3-1-2-4-11-10/h1-5,7,13H,6H2,(H,11,12). The molecule has 0 atom stereocenters. The molecule has 0 saturated heterocycles. The summed E-state index contributed by atoms with van der Waals surface area (Å²) < 4.78 is 26.2. The SMILES string of the molecule is O=S(=O)(Nc1ccccn1)c1csc(CO)c1. The summed E-state index contributed by atoms with van der Waals surface area (Å²) in [5.41, 5.74) is 0. The number of anilines is 1. The zero-order valence-electron chi connectivity index (χ0n) is 8.70. The lowest BCUT2D eigenvalue weighted by molar-refractivity contribution is 0.285. The van der Waals surface area contributed by atoms with Crippen molar-refractivity contribution < 1.29 is 13.5 Å². The molecule has 2 rings (SSSR count). The number of nitrogens with zero attached hydrogens (tertiary/aromatic N) is 1. The van der Waals surface area contributed by atoms with Gasteiger partial charge in [-0.05, 0) is 18.2 Å². The lowest BCUT2D eigenvalue weighted by atomic mass is 10.5. The number of aliphatic hydroxyl groups excluding tert-OH is 1. The molecule has 17 heavy (non-hydrogen) atoms. The van der Waals surface area contributed by atoms with Crippen LogP contribution in [0.1, 0.15) is 4.88 Å². The van der Waals surface area contributed by atoms with Gasteiger partial charge in [0.15, 0.2) is 0 Å². The van der Waals surface area contributed by atoms with Crippen molar-refractivity contribution >= 4 is 27.2 Å². The second kappa shape index (κ2) is 4.82. The Labute approximate surface area is 103 Å². The molecule has 0 fully saturated rings. The highest BCUT2D eigenvalue weighted by Gasteiger charge is 2.16. The first kappa shape index (κ1) is 12.0. The van der Waals surface area contributed by atoms with Gasteiger partial charge in [0.1, 0.15) is 5.82 Å². The molecular weight excluding hydrogens is 260 g/mol. The third-order valence-corrected chi connectivity index (χ3v) is 4.40. The number of aliphatic hydroxyl groups is 1. The van der Waals surface area contributed by atoms with E-state index in [9.17, 15) is 8.42 Å². The number of sulfonamides is 1. The van der Waals surface area contributed by atoms with E-state index >= 15 is 0 Å². The molecule has 0 unspecified atom stereocenters. The summed E-state index contributed by atoms with van der Waals surface area (Å²) in [6.07, 6.45) is 1.50. The van der Waals surface area contributed by atoms with Crippen LogP contribution in [0.5, 0.6) is 0 Å². The third-order valence-electron chi connectivity index (χ3n) is 2.00. The minimum Gasteiger partial charge on any atom is -0.391 e. The fourth-order valence-electron chi connectivity index (χ4n) is 1.20. The molecule has 2 aromatic heterocycles. The van der Waals surface area contributed by atoms with E-state index in [-0.39, 0.29) is 17.3 Å². The Morgan fingerprint density at radius 3 is 2.82 bits per heavy atom. The number of thiophene rings is 1. The summed E-state index contributed by atoms with van der Waals surface area (Å²) in [7, 11) is -3.62. The van der Waals surface area contributed by atoms with Crippen molar-refractivity contribution in [1.29, 1.82) is 0 Å². The molecule has 5 nitrogen and oxygen atoms in total. The first-order chi connectivity index (χ1) is 8.12. The average Bonchev–Trinajstić information content (AvgIpc) is 2.79. The van der Waals surface area contributed by atoms with Crippen LogP contribution in [0.3, 0.4) is 0 Å². The van der Waals surface area contributed by atoms with E-state index in [1.807, 2.05) is 0 Å². The van der Waals surface area contributed by atoms with Gasteiger partial charge in [0.2, 0.25) is 0 Å². The molecule has 0 aliphatic heterocycles. The quantitative estimate of drug-likeness (QED) is 0.881. The molecule has 90 valence electrons. The third kappa shape index (κ3) is 2.82. The Morgan fingerprint density at radius 1 is 1.41 bits per heavy atom. The van der Waals surface area contributed by atoms with Crippen molar-refractivity contribution in [3.63, 3.8) is 0 Å². The molecule has 2 aromatic rings. The molecule has 7 heteroatoms. The van der Waals surface area contributed by atoms with Crippen molar-refractivity contribution in [2.75, 3.05) is 4.72 Å². The van der Waals surface area contributed by atoms with E-state index in [1.165, 1.54) is 29.0 Å². The van der Waals surface area contributed by atoms with Crippen LogP contribution in [-0.2, 0) is 16.6 Å². The molecule has 0 bridgehead atoms. The highest BCUT2D eigenvalue weighted by Crippen LogP contribution is 2.21. The van der Waals surface area contributed by atoms with Crippen molar-refractivity contribution in [2.45, 2.75) is 11.5 Å². The molecule has 2 N–H and O–H groups in total. The van der Waals surface area contributed by atoms with Crippen LogP contribution in [-0.4, -0.2) is 18.5 Å². The summed E-state index contributed by atoms with van der Waals surface area (Å²) in [4.78, 5) is 4.62. The van der Waals surface area contributed by atoms with Gasteiger partial charge in [-0.15, -0.1) is 11.3 Å². The van der Waals surface area contributed by atoms with Gasteiger partial charge in [0.25, 0.3) is 10.0 Å². The van der Waals surface area contributed by atoms with Crippen molar-refractivity contribution in [3.05, 3.63) is 40.7 Å².